The van der Waals surface area contributed by atoms with Gasteiger partial charge in [-0.2, -0.15) is 17.9 Å². The molecule has 0 fully saturated rings. The van der Waals surface area contributed by atoms with Gasteiger partial charge in [0.1, 0.15) is 11.8 Å². The van der Waals surface area contributed by atoms with E-state index in [9.17, 15) is 4.39 Å². The van der Waals surface area contributed by atoms with Crippen molar-refractivity contribution in [2.45, 2.75) is 20.8 Å². The maximum Gasteiger partial charge on any atom is 0.174 e. The molecule has 1 N–H and O–H groups in total. The molecule has 0 saturated carbocycles. The maximum absolute atomic E-state index is 13.6. The fraction of sp³-hybridized carbons (Fsp3) is 0.357. The molecule has 0 aliphatic rings. The van der Waals surface area contributed by atoms with Crippen LogP contribution in [0.15, 0.2) is 12.3 Å². The Morgan fingerprint density at radius 1 is 1.45 bits per heavy atom. The van der Waals surface area contributed by atoms with E-state index in [1.807, 2.05) is 26.8 Å². The average molecular weight is 317 g/mol. The van der Waals surface area contributed by atoms with Crippen molar-refractivity contribution >= 4 is 35.1 Å². The summed E-state index contributed by atoms with van der Waals surface area (Å²) in [6.07, 6.45) is 3.36. The molecule has 2 rings (SSSR count). The lowest BCUT2D eigenvalue weighted by atomic mass is 10.1. The largest absolute Gasteiger partial charge is 0.478 e. The van der Waals surface area contributed by atoms with Gasteiger partial charge in [0.05, 0.1) is 10.5 Å². The first-order valence-electron chi connectivity index (χ1n) is 6.05. The van der Waals surface area contributed by atoms with Crippen LogP contribution in [0, 0.1) is 24.1 Å². The molecule has 0 aliphatic carbocycles. The van der Waals surface area contributed by atoms with Crippen LogP contribution in [0.2, 0.25) is 5.02 Å². The van der Waals surface area contributed by atoms with Gasteiger partial charge < -0.3 is 9.72 Å². The summed E-state index contributed by atoms with van der Waals surface area (Å²) in [7, 11) is 0. The lowest BCUT2D eigenvalue weighted by Crippen LogP contribution is -1.95. The van der Waals surface area contributed by atoms with E-state index in [2.05, 4.69) is 17.6 Å². The summed E-state index contributed by atoms with van der Waals surface area (Å²) >= 11 is 9.25. The molecule has 0 bridgehead atoms. The molecule has 0 saturated heterocycles. The third-order valence-electron chi connectivity index (χ3n) is 2.30. The summed E-state index contributed by atoms with van der Waals surface area (Å²) < 4.78 is 18.8. The molecule has 1 heterocycles. The molecule has 6 heteroatoms. The monoisotopic (exact) mass is 316 g/mol. The zero-order chi connectivity index (χ0) is 15.7. The first-order valence-corrected chi connectivity index (χ1v) is 7.32. The second-order valence-corrected chi connectivity index (χ2v) is 3.75. The second kappa shape index (κ2) is 9.51. The summed E-state index contributed by atoms with van der Waals surface area (Å²) in [5.74, 6) is -0.0872. The number of halogens is 2. The van der Waals surface area contributed by atoms with Crippen molar-refractivity contribution in [3.05, 3.63) is 28.7 Å². The zero-order valence-corrected chi connectivity index (χ0v) is 13.6. The van der Waals surface area contributed by atoms with Gasteiger partial charge in [0, 0.05) is 17.6 Å². The molecule has 0 spiro atoms. The third kappa shape index (κ3) is 4.06. The van der Waals surface area contributed by atoms with Gasteiger partial charge >= 0.3 is 0 Å². The fourth-order valence-corrected chi connectivity index (χ4v) is 1.80. The van der Waals surface area contributed by atoms with Gasteiger partial charge in [-0.3, -0.25) is 0 Å². The van der Waals surface area contributed by atoms with Crippen LogP contribution in [0.5, 0.6) is 5.75 Å². The highest BCUT2D eigenvalue weighted by atomic mass is 35.5. The van der Waals surface area contributed by atoms with Crippen LogP contribution in [0.25, 0.3) is 10.9 Å². The maximum atomic E-state index is 13.6. The van der Waals surface area contributed by atoms with Crippen molar-refractivity contribution in [2.24, 2.45) is 0 Å². The number of rotatable bonds is 2. The lowest BCUT2D eigenvalue weighted by Gasteiger charge is -2.06. The summed E-state index contributed by atoms with van der Waals surface area (Å²) in [6, 6.07) is 3.24. The van der Waals surface area contributed by atoms with E-state index >= 15 is 0 Å². The minimum Gasteiger partial charge on any atom is -0.478 e. The number of benzene rings is 1. The normalized spacial score (nSPS) is 8.90. The molecule has 1 aromatic heterocycles. The number of thiol groups is 1. The van der Waals surface area contributed by atoms with Gasteiger partial charge in [0.25, 0.3) is 0 Å². The number of nitrogens with zero attached hydrogens (tertiary/aromatic N) is 1. The van der Waals surface area contributed by atoms with Gasteiger partial charge in [-0.15, -0.1) is 0 Å². The Labute approximate surface area is 129 Å². The Balaban J connectivity index is 0.000000829. The third-order valence-corrected chi connectivity index (χ3v) is 2.58. The Bertz CT molecular complexity index is 593. The minimum absolute atomic E-state index is 0.0257. The average Bonchev–Trinajstić information content (AvgIpc) is 2.88. The van der Waals surface area contributed by atoms with Crippen LogP contribution in [-0.2, 0) is 0 Å². The highest BCUT2D eigenvalue weighted by Crippen LogP contribution is 2.34. The van der Waals surface area contributed by atoms with Crippen molar-refractivity contribution in [3.8, 4) is 11.8 Å². The minimum atomic E-state index is -0.505. The van der Waals surface area contributed by atoms with Crippen molar-refractivity contribution in [3.63, 3.8) is 0 Å². The Morgan fingerprint density at radius 3 is 2.60 bits per heavy atom. The molecule has 3 nitrogen and oxygen atoms in total. The summed E-state index contributed by atoms with van der Waals surface area (Å²) in [6.45, 7) is 5.73. The van der Waals surface area contributed by atoms with E-state index < -0.39 is 5.82 Å². The summed E-state index contributed by atoms with van der Waals surface area (Å²) in [5, 5.41) is 9.05. The Kier molecular flexibility index (Phi) is 8.86. The van der Waals surface area contributed by atoms with Gasteiger partial charge in [-0.25, -0.2) is 4.39 Å². The van der Waals surface area contributed by atoms with Crippen molar-refractivity contribution < 1.29 is 9.13 Å². The molecule has 110 valence electrons. The van der Waals surface area contributed by atoms with Gasteiger partial charge in [0.15, 0.2) is 12.4 Å². The number of aryl methyl sites for hydroxylation is 1. The topological polar surface area (TPSA) is 48.8 Å². The molecule has 2 aromatic rings. The second-order valence-electron chi connectivity index (χ2n) is 3.34. The number of fused-ring (bicyclic) bond motifs is 1. The predicted molar refractivity (Wildman–Crippen MR) is 85.4 cm³/mol. The first kappa shape index (κ1) is 18.6. The number of nitriles is 1. The lowest BCUT2D eigenvalue weighted by molar-refractivity contribution is 0.372. The molecular weight excluding hydrogens is 299 g/mol. The Morgan fingerprint density at radius 2 is 2.05 bits per heavy atom. The number of hydrogen-bond acceptors (Lipinski definition) is 3. The van der Waals surface area contributed by atoms with Crippen LogP contribution in [0.4, 0.5) is 4.39 Å². The molecule has 0 aliphatic heterocycles. The highest BCUT2D eigenvalue weighted by molar-refractivity contribution is 7.79. The molecule has 20 heavy (non-hydrogen) atoms. The van der Waals surface area contributed by atoms with E-state index in [0.717, 1.165) is 5.56 Å². The molecular formula is C14H18ClFN2OS. The number of aromatic amines is 1. The van der Waals surface area contributed by atoms with E-state index in [1.54, 1.807) is 12.5 Å². The highest BCUT2D eigenvalue weighted by Gasteiger charge is 2.15. The van der Waals surface area contributed by atoms with Crippen molar-refractivity contribution in [1.29, 1.82) is 5.26 Å². The molecule has 0 amide bonds. The molecule has 0 atom stereocenters. The van der Waals surface area contributed by atoms with Crippen molar-refractivity contribution in [1.82, 2.24) is 4.98 Å². The number of H-pyrrole nitrogens is 1. The molecule has 0 unspecified atom stereocenters. The number of hydrogen-bond donors (Lipinski definition) is 2. The zero-order valence-electron chi connectivity index (χ0n) is 11.9. The summed E-state index contributed by atoms with van der Waals surface area (Å²) in [4.78, 5) is 2.79. The SMILES string of the molecule is CC.CS.Cc1c[nH]c2c(F)c(Cl)cc(OCC#N)c12. The number of nitrogens with one attached hydrogen (secondary N) is 1. The first-order chi connectivity index (χ1) is 9.65. The standard InChI is InChI=1S/C11H8ClFN2O.C2H6.CH4S/c1-6-5-15-11-9(6)8(16-3-2-14)4-7(12)10(11)13;2*1-2/h4-5,15H,3H2,1H3;1-2H3;2H,1H3. The van der Waals surface area contributed by atoms with E-state index in [0.29, 0.717) is 16.7 Å². The Hall–Kier alpha value is -1.38. The summed E-state index contributed by atoms with van der Waals surface area (Å²) in [5.41, 5.74) is 1.15. The fourth-order valence-electron chi connectivity index (χ4n) is 1.61. The smallest absolute Gasteiger partial charge is 0.174 e. The quantitative estimate of drug-likeness (QED) is 0.786. The van der Waals surface area contributed by atoms with Crippen LogP contribution >= 0.6 is 24.2 Å². The van der Waals surface area contributed by atoms with Crippen LogP contribution in [0.1, 0.15) is 19.4 Å². The van der Waals surface area contributed by atoms with E-state index in [1.165, 1.54) is 6.07 Å². The van der Waals surface area contributed by atoms with Gasteiger partial charge in [0.2, 0.25) is 0 Å². The van der Waals surface area contributed by atoms with Gasteiger partial charge in [-0.1, -0.05) is 25.4 Å². The number of ether oxygens (including phenoxy) is 1. The van der Waals surface area contributed by atoms with E-state index in [4.69, 9.17) is 21.6 Å². The van der Waals surface area contributed by atoms with Gasteiger partial charge in [-0.05, 0) is 18.7 Å². The van der Waals surface area contributed by atoms with Crippen LogP contribution in [-0.4, -0.2) is 17.8 Å². The van der Waals surface area contributed by atoms with E-state index in [-0.39, 0.29) is 11.6 Å². The van der Waals surface area contributed by atoms with Crippen molar-refractivity contribution in [2.75, 3.05) is 12.9 Å². The van der Waals surface area contributed by atoms with Crippen LogP contribution < -0.4 is 4.74 Å². The number of aromatic nitrogens is 1. The molecule has 1 aromatic carbocycles. The molecule has 0 radical (unpaired) electrons. The predicted octanol–water partition coefficient (Wildman–Crippen LogP) is 4.74. The van der Waals surface area contributed by atoms with Crippen LogP contribution in [0.3, 0.4) is 0 Å².